The second-order valence-corrected chi connectivity index (χ2v) is 7.38. The first-order valence-corrected chi connectivity index (χ1v) is 8.09. The maximum Gasteiger partial charge on any atom is 0.161 e. The number of allylic oxidation sites excluding steroid dienone is 1. The summed E-state index contributed by atoms with van der Waals surface area (Å²) in [5.74, 6) is 0.781. The zero-order chi connectivity index (χ0) is 15.8. The summed E-state index contributed by atoms with van der Waals surface area (Å²) in [6, 6.07) is 0. The number of rotatable bonds is 6. The molecule has 0 amide bonds. The molecule has 4 heteroatoms. The standard InChI is InChI=1S/C17H30O4/c1-10-8-15(19)13(4)21-16(10)20-11(2)6-7-17(5)9-14(17)12(3)18/h10-11,13-16,18-19H,3,6-9H2,1-2,4-5H3/t10-,11-,13+,14-,15?,16?,17+/m1/s1. The molecule has 2 rings (SSSR count). The van der Waals surface area contributed by atoms with Gasteiger partial charge in [-0.3, -0.25) is 0 Å². The molecule has 2 aliphatic rings. The minimum Gasteiger partial charge on any atom is -0.513 e. The average molecular weight is 298 g/mol. The van der Waals surface area contributed by atoms with Crippen molar-refractivity contribution in [2.24, 2.45) is 17.3 Å². The van der Waals surface area contributed by atoms with E-state index in [1.807, 2.05) is 6.92 Å². The first kappa shape index (κ1) is 16.8. The van der Waals surface area contributed by atoms with E-state index in [-0.39, 0.29) is 35.7 Å². The largest absolute Gasteiger partial charge is 0.513 e. The lowest BCUT2D eigenvalue weighted by molar-refractivity contribution is -0.255. The molecular weight excluding hydrogens is 268 g/mol. The lowest BCUT2D eigenvalue weighted by Crippen LogP contribution is -2.44. The van der Waals surface area contributed by atoms with Crippen molar-refractivity contribution in [3.63, 3.8) is 0 Å². The van der Waals surface area contributed by atoms with Crippen LogP contribution in [0.1, 0.15) is 53.4 Å². The van der Waals surface area contributed by atoms with E-state index in [1.165, 1.54) is 0 Å². The Morgan fingerprint density at radius 1 is 1.48 bits per heavy atom. The van der Waals surface area contributed by atoms with Gasteiger partial charge in [0.25, 0.3) is 0 Å². The molecule has 2 fully saturated rings. The van der Waals surface area contributed by atoms with Crippen molar-refractivity contribution in [2.75, 3.05) is 0 Å². The Morgan fingerprint density at radius 3 is 2.71 bits per heavy atom. The molecule has 1 saturated heterocycles. The predicted molar refractivity (Wildman–Crippen MR) is 81.9 cm³/mol. The molecule has 1 aliphatic carbocycles. The summed E-state index contributed by atoms with van der Waals surface area (Å²) in [6.45, 7) is 11.9. The molecule has 7 atom stereocenters. The van der Waals surface area contributed by atoms with Crippen molar-refractivity contribution in [2.45, 2.75) is 78.0 Å². The third-order valence-electron chi connectivity index (χ3n) is 5.21. The van der Waals surface area contributed by atoms with Gasteiger partial charge in [0, 0.05) is 11.8 Å². The number of aliphatic hydroxyl groups excluding tert-OH is 2. The molecule has 0 aromatic carbocycles. The maximum absolute atomic E-state index is 9.79. The third kappa shape index (κ3) is 3.99. The second-order valence-electron chi connectivity index (χ2n) is 7.38. The zero-order valence-corrected chi connectivity index (χ0v) is 13.7. The lowest BCUT2D eigenvalue weighted by atomic mass is 9.95. The highest BCUT2D eigenvalue weighted by molar-refractivity contribution is 5.11. The molecule has 122 valence electrons. The van der Waals surface area contributed by atoms with Gasteiger partial charge in [0.2, 0.25) is 0 Å². The van der Waals surface area contributed by atoms with E-state index in [0.29, 0.717) is 5.76 Å². The fourth-order valence-electron chi connectivity index (χ4n) is 3.32. The van der Waals surface area contributed by atoms with E-state index in [0.717, 1.165) is 25.7 Å². The van der Waals surface area contributed by atoms with Crippen LogP contribution in [-0.4, -0.2) is 34.8 Å². The van der Waals surface area contributed by atoms with Crippen LogP contribution >= 0.6 is 0 Å². The van der Waals surface area contributed by atoms with Crippen LogP contribution in [-0.2, 0) is 9.47 Å². The Bertz CT molecular complexity index is 383. The Labute approximate surface area is 128 Å². The Hall–Kier alpha value is -0.580. The highest BCUT2D eigenvalue weighted by Gasteiger charge is 2.51. The number of hydrogen-bond donors (Lipinski definition) is 2. The number of hydrogen-bond acceptors (Lipinski definition) is 4. The van der Waals surface area contributed by atoms with Crippen LogP contribution in [0.25, 0.3) is 0 Å². The summed E-state index contributed by atoms with van der Waals surface area (Å²) in [7, 11) is 0. The van der Waals surface area contributed by atoms with Crippen molar-refractivity contribution in [1.29, 1.82) is 0 Å². The fourth-order valence-corrected chi connectivity index (χ4v) is 3.32. The van der Waals surface area contributed by atoms with Crippen LogP contribution in [0.15, 0.2) is 12.3 Å². The Balaban J connectivity index is 1.75. The van der Waals surface area contributed by atoms with Crippen LogP contribution in [0.3, 0.4) is 0 Å². The van der Waals surface area contributed by atoms with Crippen LogP contribution in [0.2, 0.25) is 0 Å². The molecular formula is C17H30O4. The molecule has 0 spiro atoms. The Kier molecular flexibility index (Phi) is 5.01. The van der Waals surface area contributed by atoms with Gasteiger partial charge in [0.15, 0.2) is 6.29 Å². The highest BCUT2D eigenvalue weighted by atomic mass is 16.7. The summed E-state index contributed by atoms with van der Waals surface area (Å²) >= 11 is 0. The summed E-state index contributed by atoms with van der Waals surface area (Å²) in [5.41, 5.74) is 0.186. The van der Waals surface area contributed by atoms with Crippen molar-refractivity contribution in [1.82, 2.24) is 0 Å². The molecule has 1 heterocycles. The van der Waals surface area contributed by atoms with Crippen LogP contribution in [0.5, 0.6) is 0 Å². The van der Waals surface area contributed by atoms with E-state index in [9.17, 15) is 10.2 Å². The van der Waals surface area contributed by atoms with Gasteiger partial charge in [-0.1, -0.05) is 20.4 Å². The normalized spacial score (nSPS) is 44.3. The topological polar surface area (TPSA) is 58.9 Å². The molecule has 0 bridgehead atoms. The van der Waals surface area contributed by atoms with Crippen molar-refractivity contribution >= 4 is 0 Å². The minimum atomic E-state index is -0.392. The average Bonchev–Trinajstić information content (AvgIpc) is 3.07. The number of aliphatic hydroxyl groups is 2. The third-order valence-corrected chi connectivity index (χ3v) is 5.21. The monoisotopic (exact) mass is 298 g/mol. The van der Waals surface area contributed by atoms with Gasteiger partial charge in [-0.05, 0) is 44.9 Å². The summed E-state index contributed by atoms with van der Waals surface area (Å²) < 4.78 is 11.8. The quantitative estimate of drug-likeness (QED) is 0.738. The molecule has 1 saturated carbocycles. The van der Waals surface area contributed by atoms with E-state index < -0.39 is 6.10 Å². The van der Waals surface area contributed by atoms with E-state index in [4.69, 9.17) is 9.47 Å². The van der Waals surface area contributed by atoms with Gasteiger partial charge >= 0.3 is 0 Å². The van der Waals surface area contributed by atoms with Gasteiger partial charge in [0.05, 0.1) is 24.1 Å². The second kappa shape index (κ2) is 6.27. The van der Waals surface area contributed by atoms with Crippen LogP contribution in [0.4, 0.5) is 0 Å². The fraction of sp³-hybridized carbons (Fsp3) is 0.882. The van der Waals surface area contributed by atoms with Gasteiger partial charge in [-0.2, -0.15) is 0 Å². The first-order valence-electron chi connectivity index (χ1n) is 8.09. The van der Waals surface area contributed by atoms with Gasteiger partial charge in [0.1, 0.15) is 0 Å². The first-order chi connectivity index (χ1) is 9.73. The molecule has 0 radical (unpaired) electrons. The molecule has 0 aromatic heterocycles. The van der Waals surface area contributed by atoms with Crippen molar-refractivity contribution in [3.8, 4) is 0 Å². The molecule has 21 heavy (non-hydrogen) atoms. The molecule has 1 aliphatic heterocycles. The van der Waals surface area contributed by atoms with Crippen LogP contribution in [0, 0.1) is 17.3 Å². The number of ether oxygens (including phenoxy) is 2. The molecule has 2 unspecified atom stereocenters. The molecule has 2 N–H and O–H groups in total. The predicted octanol–water partition coefficient (Wildman–Crippen LogP) is 3.40. The highest BCUT2D eigenvalue weighted by Crippen LogP contribution is 2.58. The maximum atomic E-state index is 9.79. The minimum absolute atomic E-state index is 0.116. The van der Waals surface area contributed by atoms with E-state index in [2.05, 4.69) is 27.4 Å². The van der Waals surface area contributed by atoms with Crippen molar-refractivity contribution in [3.05, 3.63) is 12.3 Å². The summed E-state index contributed by atoms with van der Waals surface area (Å²) in [4.78, 5) is 0. The smallest absolute Gasteiger partial charge is 0.161 e. The lowest BCUT2D eigenvalue weighted by Gasteiger charge is -2.37. The van der Waals surface area contributed by atoms with Crippen molar-refractivity contribution < 1.29 is 19.7 Å². The van der Waals surface area contributed by atoms with Crippen LogP contribution < -0.4 is 0 Å². The SMILES string of the molecule is C=C(O)[C@H]1C[C@]1(C)CC[C@@H](C)OC1O[C@@H](C)C(O)C[C@H]1C. The zero-order valence-electron chi connectivity index (χ0n) is 13.7. The van der Waals surface area contributed by atoms with Gasteiger partial charge in [-0.15, -0.1) is 0 Å². The van der Waals surface area contributed by atoms with Gasteiger partial charge < -0.3 is 19.7 Å². The molecule has 4 nitrogen and oxygen atoms in total. The van der Waals surface area contributed by atoms with E-state index >= 15 is 0 Å². The summed E-state index contributed by atoms with van der Waals surface area (Å²) in [5, 5.41) is 19.3. The molecule has 0 aromatic rings. The Morgan fingerprint density at radius 2 is 2.14 bits per heavy atom. The van der Waals surface area contributed by atoms with E-state index in [1.54, 1.807) is 0 Å². The summed E-state index contributed by atoms with van der Waals surface area (Å²) in [6.07, 6.45) is 3.05. The van der Waals surface area contributed by atoms with Gasteiger partial charge in [-0.25, -0.2) is 0 Å².